The second-order valence-electron chi connectivity index (χ2n) is 2.48. The summed E-state index contributed by atoms with van der Waals surface area (Å²) in [4.78, 5) is 0.896. The minimum absolute atomic E-state index is 0.354. The Kier molecular flexibility index (Phi) is 3.80. The van der Waals surface area contributed by atoms with Crippen molar-refractivity contribution in [1.82, 2.24) is 0 Å². The van der Waals surface area contributed by atoms with E-state index in [1.54, 1.807) is 0 Å². The number of alkyl halides is 2. The molecule has 2 atom stereocenters. The Morgan fingerprint density at radius 2 is 2.00 bits per heavy atom. The van der Waals surface area contributed by atoms with Crippen molar-refractivity contribution in [1.29, 1.82) is 0 Å². The molecular weight excluding hydrogens is 256 g/mol. The normalized spacial score (nSPS) is 33.4. The first-order valence-electron chi connectivity index (χ1n) is 3.57. The van der Waals surface area contributed by atoms with Crippen molar-refractivity contribution in [3.8, 4) is 11.8 Å². The molecule has 2 unspecified atom stereocenters. The van der Waals surface area contributed by atoms with Gasteiger partial charge in [-0.15, -0.1) is 5.92 Å². The summed E-state index contributed by atoms with van der Waals surface area (Å²) in [6.07, 6.45) is 4.87. The van der Waals surface area contributed by atoms with Gasteiger partial charge < -0.3 is 0 Å². The third kappa shape index (κ3) is 2.64. The predicted octanol–water partition coefficient (Wildman–Crippen LogP) is 3.09. The van der Waals surface area contributed by atoms with Gasteiger partial charge in [-0.1, -0.05) is 44.2 Å². The van der Waals surface area contributed by atoms with Crippen LogP contribution in [0.3, 0.4) is 0 Å². The van der Waals surface area contributed by atoms with Gasteiger partial charge in [-0.05, 0) is 12.8 Å². The van der Waals surface area contributed by atoms with Gasteiger partial charge in [0.2, 0.25) is 0 Å². The van der Waals surface area contributed by atoms with E-state index in [0.717, 1.165) is 6.42 Å². The Balaban J connectivity index is 2.51. The number of hydrogen-bond donors (Lipinski definition) is 0. The maximum Gasteiger partial charge on any atom is 0.0879 e. The van der Waals surface area contributed by atoms with E-state index in [4.69, 9.17) is 0 Å². The molecule has 0 saturated heterocycles. The molecule has 56 valence electrons. The van der Waals surface area contributed by atoms with E-state index in [0.29, 0.717) is 9.65 Å². The van der Waals surface area contributed by atoms with Gasteiger partial charge in [0.25, 0.3) is 0 Å². The molecule has 0 heterocycles. The Morgan fingerprint density at radius 3 is 2.80 bits per heavy atom. The predicted molar refractivity (Wildman–Crippen MR) is 51.7 cm³/mol. The first kappa shape index (κ1) is 8.62. The molecule has 0 N–H and O–H groups in total. The zero-order chi connectivity index (χ0) is 7.40. The molecule has 0 fully saturated rings. The molecule has 1 rings (SSSR count). The number of rotatable bonds is 0. The molecule has 1 aliphatic rings. The molecular formula is C8H10Br2. The summed E-state index contributed by atoms with van der Waals surface area (Å²) in [6.45, 7) is 0. The van der Waals surface area contributed by atoms with Crippen LogP contribution in [0.4, 0.5) is 0 Å². The van der Waals surface area contributed by atoms with Crippen molar-refractivity contribution in [2.75, 3.05) is 0 Å². The highest BCUT2D eigenvalue weighted by Gasteiger charge is 2.13. The molecule has 0 aliphatic heterocycles. The van der Waals surface area contributed by atoms with Crippen LogP contribution < -0.4 is 0 Å². The van der Waals surface area contributed by atoms with Gasteiger partial charge in [0.15, 0.2) is 0 Å². The van der Waals surface area contributed by atoms with E-state index in [1.165, 1.54) is 19.3 Å². The van der Waals surface area contributed by atoms with Crippen molar-refractivity contribution in [2.24, 2.45) is 0 Å². The summed E-state index contributed by atoms with van der Waals surface area (Å²) >= 11 is 7.11. The molecule has 0 nitrogen and oxygen atoms in total. The molecule has 0 radical (unpaired) electrons. The molecule has 1 aliphatic carbocycles. The zero-order valence-corrected chi connectivity index (χ0v) is 8.91. The van der Waals surface area contributed by atoms with Gasteiger partial charge in [0, 0.05) is 11.2 Å². The number of halogens is 2. The Hall–Kier alpha value is 0.520. The highest BCUT2D eigenvalue weighted by atomic mass is 79.9. The standard InChI is InChI=1S/C8H10Br2/c9-7-5-3-1-2-4-6-8(7)10/h7-8H,1-3,5H2. The van der Waals surface area contributed by atoms with Crippen LogP contribution in [-0.4, -0.2) is 9.65 Å². The molecule has 10 heavy (non-hydrogen) atoms. The highest BCUT2D eigenvalue weighted by molar-refractivity contribution is 9.12. The first-order chi connectivity index (χ1) is 4.80. The summed E-state index contributed by atoms with van der Waals surface area (Å²) in [5, 5.41) is 0. The molecule has 0 aromatic carbocycles. The van der Waals surface area contributed by atoms with Crippen LogP contribution >= 0.6 is 31.9 Å². The van der Waals surface area contributed by atoms with E-state index in [9.17, 15) is 0 Å². The van der Waals surface area contributed by atoms with E-state index in [1.807, 2.05) is 0 Å². The van der Waals surface area contributed by atoms with Crippen LogP contribution in [0.2, 0.25) is 0 Å². The Morgan fingerprint density at radius 1 is 1.20 bits per heavy atom. The summed E-state index contributed by atoms with van der Waals surface area (Å²) in [5.41, 5.74) is 0. The third-order valence-electron chi connectivity index (χ3n) is 1.59. The minimum atomic E-state index is 0.354. The van der Waals surface area contributed by atoms with Crippen molar-refractivity contribution >= 4 is 31.9 Å². The summed E-state index contributed by atoms with van der Waals surface area (Å²) < 4.78 is 0. The van der Waals surface area contributed by atoms with Crippen LogP contribution in [0, 0.1) is 11.8 Å². The van der Waals surface area contributed by atoms with Gasteiger partial charge in [-0.3, -0.25) is 0 Å². The first-order valence-corrected chi connectivity index (χ1v) is 5.40. The third-order valence-corrected chi connectivity index (χ3v) is 4.15. The van der Waals surface area contributed by atoms with Gasteiger partial charge >= 0.3 is 0 Å². The molecule has 0 bridgehead atoms. The van der Waals surface area contributed by atoms with Crippen molar-refractivity contribution in [2.45, 2.75) is 35.3 Å². The van der Waals surface area contributed by atoms with Gasteiger partial charge in [0.1, 0.15) is 0 Å². The maximum atomic E-state index is 3.59. The van der Waals surface area contributed by atoms with Crippen LogP contribution in [0.1, 0.15) is 25.7 Å². The second kappa shape index (κ2) is 4.41. The largest absolute Gasteiger partial charge is 0.102 e. The SMILES string of the molecule is BrC1C#CCCCCC1Br. The lowest BCUT2D eigenvalue weighted by Gasteiger charge is -2.12. The molecule has 2 heteroatoms. The Bertz CT molecular complexity index is 154. The van der Waals surface area contributed by atoms with E-state index < -0.39 is 0 Å². The van der Waals surface area contributed by atoms with Crippen molar-refractivity contribution in [3.05, 3.63) is 0 Å². The van der Waals surface area contributed by atoms with E-state index in [2.05, 4.69) is 43.7 Å². The quantitative estimate of drug-likeness (QED) is 0.467. The topological polar surface area (TPSA) is 0 Å². The van der Waals surface area contributed by atoms with Crippen LogP contribution in [0.25, 0.3) is 0 Å². The second-order valence-corrected chi connectivity index (χ2v) is 4.65. The molecule has 0 amide bonds. The fourth-order valence-electron chi connectivity index (χ4n) is 0.959. The van der Waals surface area contributed by atoms with Crippen LogP contribution in [0.5, 0.6) is 0 Å². The summed E-state index contributed by atoms with van der Waals surface area (Å²) in [6, 6.07) is 0. The average molecular weight is 266 g/mol. The van der Waals surface area contributed by atoms with E-state index in [-0.39, 0.29) is 0 Å². The molecule has 0 aromatic rings. The minimum Gasteiger partial charge on any atom is -0.102 e. The fourth-order valence-corrected chi connectivity index (χ4v) is 1.84. The average Bonchev–Trinajstić information content (AvgIpc) is 1.92. The monoisotopic (exact) mass is 264 g/mol. The lowest BCUT2D eigenvalue weighted by molar-refractivity contribution is 0.676. The zero-order valence-electron chi connectivity index (χ0n) is 5.74. The van der Waals surface area contributed by atoms with Crippen LogP contribution in [0.15, 0.2) is 0 Å². The van der Waals surface area contributed by atoms with E-state index >= 15 is 0 Å². The lowest BCUT2D eigenvalue weighted by atomic mass is 10.1. The summed E-state index contributed by atoms with van der Waals surface area (Å²) in [7, 11) is 0. The smallest absolute Gasteiger partial charge is 0.0879 e. The van der Waals surface area contributed by atoms with Gasteiger partial charge in [0.05, 0.1) is 4.83 Å². The molecule has 0 aromatic heterocycles. The molecule has 0 saturated carbocycles. The Labute approximate surface area is 79.0 Å². The van der Waals surface area contributed by atoms with Crippen LogP contribution in [-0.2, 0) is 0 Å². The highest BCUT2D eigenvalue weighted by Crippen LogP contribution is 2.21. The number of hydrogen-bond acceptors (Lipinski definition) is 0. The lowest BCUT2D eigenvalue weighted by Crippen LogP contribution is -2.12. The van der Waals surface area contributed by atoms with Gasteiger partial charge in [-0.2, -0.15) is 0 Å². The van der Waals surface area contributed by atoms with Crippen molar-refractivity contribution in [3.63, 3.8) is 0 Å². The summed E-state index contributed by atoms with van der Waals surface area (Å²) in [5.74, 6) is 6.29. The van der Waals surface area contributed by atoms with Crippen molar-refractivity contribution < 1.29 is 0 Å². The fraction of sp³-hybridized carbons (Fsp3) is 0.750. The molecule has 0 spiro atoms. The van der Waals surface area contributed by atoms with Gasteiger partial charge in [-0.25, -0.2) is 0 Å². The maximum absolute atomic E-state index is 3.59.